The van der Waals surface area contributed by atoms with E-state index in [1.54, 1.807) is 19.2 Å². The van der Waals surface area contributed by atoms with E-state index in [4.69, 9.17) is 15.2 Å². The second kappa shape index (κ2) is 4.78. The lowest BCUT2D eigenvalue weighted by Crippen LogP contribution is -2.40. The van der Waals surface area contributed by atoms with Crippen LogP contribution in [0, 0.1) is 6.92 Å². The third-order valence-corrected chi connectivity index (χ3v) is 2.58. The highest BCUT2D eigenvalue weighted by molar-refractivity contribution is 5.47. The summed E-state index contributed by atoms with van der Waals surface area (Å²) in [6, 6.07) is 1.78. The minimum Gasteiger partial charge on any atom is -0.383 e. The lowest BCUT2D eigenvalue weighted by Gasteiger charge is -2.32. The monoisotopic (exact) mass is 226 g/mol. The van der Waals surface area contributed by atoms with Crippen molar-refractivity contribution in [2.45, 2.75) is 25.7 Å². The smallest absolute Gasteiger partial charge is 0.189 e. The predicted molar refractivity (Wildman–Crippen MR) is 60.8 cm³/mol. The number of aryl methyl sites for hydroxylation is 1. The van der Waals surface area contributed by atoms with Crippen LogP contribution in [0.3, 0.4) is 0 Å². The highest BCUT2D eigenvalue weighted by Crippen LogP contribution is 2.32. The molecule has 0 bridgehead atoms. The zero-order valence-electron chi connectivity index (χ0n) is 10.0. The van der Waals surface area contributed by atoms with Gasteiger partial charge in [0.25, 0.3) is 0 Å². The molecule has 0 aliphatic heterocycles. The van der Waals surface area contributed by atoms with Crippen molar-refractivity contribution < 1.29 is 14.6 Å². The molecule has 1 atom stereocenters. The van der Waals surface area contributed by atoms with Crippen LogP contribution in [0.15, 0.2) is 12.3 Å². The number of anilines is 1. The molecule has 16 heavy (non-hydrogen) atoms. The fourth-order valence-electron chi connectivity index (χ4n) is 1.91. The highest BCUT2D eigenvalue weighted by Gasteiger charge is 2.37. The van der Waals surface area contributed by atoms with E-state index in [9.17, 15) is 5.11 Å². The largest absolute Gasteiger partial charge is 0.383 e. The van der Waals surface area contributed by atoms with Gasteiger partial charge in [-0.15, -0.1) is 0 Å². The van der Waals surface area contributed by atoms with E-state index < -0.39 is 11.9 Å². The fraction of sp³-hybridized carbons (Fsp3) is 0.545. The average molecular weight is 226 g/mol. The first kappa shape index (κ1) is 12.9. The topological polar surface area (TPSA) is 77.6 Å². The van der Waals surface area contributed by atoms with E-state index in [0.29, 0.717) is 5.56 Å². The van der Waals surface area contributed by atoms with Gasteiger partial charge in [-0.1, -0.05) is 0 Å². The van der Waals surface area contributed by atoms with Crippen LogP contribution in [0.1, 0.15) is 18.1 Å². The summed E-state index contributed by atoms with van der Waals surface area (Å²) >= 11 is 0. The number of hydrogen-bond donors (Lipinski definition) is 2. The van der Waals surface area contributed by atoms with Crippen molar-refractivity contribution >= 4 is 5.82 Å². The number of aliphatic hydroxyl groups is 1. The van der Waals surface area contributed by atoms with Gasteiger partial charge in [-0.05, 0) is 25.5 Å². The first-order valence-corrected chi connectivity index (χ1v) is 4.94. The van der Waals surface area contributed by atoms with Gasteiger partial charge >= 0.3 is 0 Å². The zero-order valence-corrected chi connectivity index (χ0v) is 10.0. The van der Waals surface area contributed by atoms with Crippen molar-refractivity contribution in [3.63, 3.8) is 0 Å². The Morgan fingerprint density at radius 1 is 1.44 bits per heavy atom. The summed E-state index contributed by atoms with van der Waals surface area (Å²) in [4.78, 5) is 3.96. The van der Waals surface area contributed by atoms with Gasteiger partial charge in [-0.3, -0.25) is 0 Å². The Morgan fingerprint density at radius 3 is 2.44 bits per heavy atom. The molecule has 0 spiro atoms. The minimum atomic E-state index is -1.34. The lowest BCUT2D eigenvalue weighted by molar-refractivity contribution is -0.213. The molecule has 1 heterocycles. The summed E-state index contributed by atoms with van der Waals surface area (Å²) < 4.78 is 10.1. The van der Waals surface area contributed by atoms with E-state index in [2.05, 4.69) is 4.98 Å². The Labute approximate surface area is 95.2 Å². The molecule has 0 amide bonds. The molecular weight excluding hydrogens is 208 g/mol. The molecule has 1 aromatic heterocycles. The maximum Gasteiger partial charge on any atom is 0.189 e. The van der Waals surface area contributed by atoms with Gasteiger partial charge in [0.2, 0.25) is 0 Å². The molecule has 0 saturated heterocycles. The van der Waals surface area contributed by atoms with Gasteiger partial charge in [0.05, 0.1) is 0 Å². The van der Waals surface area contributed by atoms with Gasteiger partial charge < -0.3 is 20.3 Å². The number of pyridine rings is 1. The van der Waals surface area contributed by atoms with Gasteiger partial charge in [0.1, 0.15) is 11.4 Å². The summed E-state index contributed by atoms with van der Waals surface area (Å²) in [5.74, 6) is 0.282. The molecule has 5 nitrogen and oxygen atoms in total. The molecule has 5 heteroatoms. The normalized spacial score (nSPS) is 15.1. The second-order valence-corrected chi connectivity index (χ2v) is 3.84. The maximum atomic E-state index is 10.4. The van der Waals surface area contributed by atoms with Crippen molar-refractivity contribution in [2.75, 3.05) is 20.0 Å². The Morgan fingerprint density at radius 2 is 2.00 bits per heavy atom. The molecule has 3 N–H and O–H groups in total. The van der Waals surface area contributed by atoms with E-state index in [-0.39, 0.29) is 5.82 Å². The van der Waals surface area contributed by atoms with E-state index >= 15 is 0 Å². The molecule has 0 aromatic carbocycles. The highest BCUT2D eigenvalue weighted by atomic mass is 16.7. The molecule has 0 aliphatic rings. The molecular formula is C11H18N2O3. The minimum absolute atomic E-state index is 0.282. The van der Waals surface area contributed by atoms with Crippen LogP contribution in [0.4, 0.5) is 5.82 Å². The number of nitrogens with two attached hydrogens (primary N) is 1. The summed E-state index contributed by atoms with van der Waals surface area (Å²) in [6.45, 7) is 3.44. The number of aromatic nitrogens is 1. The van der Waals surface area contributed by atoms with Crippen molar-refractivity contribution in [2.24, 2.45) is 0 Å². The summed E-state index contributed by atoms with van der Waals surface area (Å²) in [6.07, 6.45) is 0.802. The SMILES string of the molecule is COC(OC)C(C)(O)c1c(C)ccnc1N. The van der Waals surface area contributed by atoms with Crippen LogP contribution in [-0.4, -0.2) is 30.6 Å². The Balaban J connectivity index is 3.25. The van der Waals surface area contributed by atoms with Gasteiger partial charge in [-0.25, -0.2) is 4.98 Å². The number of hydrogen-bond acceptors (Lipinski definition) is 5. The zero-order chi connectivity index (χ0) is 12.3. The standard InChI is InChI=1S/C11H18N2O3/c1-7-5-6-13-9(12)8(7)11(2,14)10(15-3)16-4/h5-6,10,14H,1-4H3,(H2,12,13). The molecule has 0 radical (unpaired) electrons. The molecule has 0 aliphatic carbocycles. The van der Waals surface area contributed by atoms with Crippen molar-refractivity contribution in [3.05, 3.63) is 23.4 Å². The van der Waals surface area contributed by atoms with Gasteiger partial charge in [0.15, 0.2) is 6.29 Å². The first-order chi connectivity index (χ1) is 7.45. The molecule has 90 valence electrons. The quantitative estimate of drug-likeness (QED) is 0.742. The molecule has 1 aromatic rings. The number of nitrogens with zero attached hydrogens (tertiary/aromatic N) is 1. The van der Waals surface area contributed by atoms with Crippen LogP contribution < -0.4 is 5.73 Å². The van der Waals surface area contributed by atoms with Crippen LogP contribution in [0.2, 0.25) is 0 Å². The lowest BCUT2D eigenvalue weighted by atomic mass is 9.92. The summed E-state index contributed by atoms with van der Waals surface area (Å²) in [5, 5.41) is 10.4. The van der Waals surface area contributed by atoms with Crippen molar-refractivity contribution in [1.82, 2.24) is 4.98 Å². The maximum absolute atomic E-state index is 10.4. The Bertz CT molecular complexity index is 342. The van der Waals surface area contributed by atoms with Crippen LogP contribution in [-0.2, 0) is 15.1 Å². The molecule has 1 rings (SSSR count). The average Bonchev–Trinajstić information content (AvgIpc) is 2.18. The third-order valence-electron chi connectivity index (χ3n) is 2.58. The number of ether oxygens (including phenoxy) is 2. The second-order valence-electron chi connectivity index (χ2n) is 3.84. The summed E-state index contributed by atoms with van der Waals surface area (Å²) in [7, 11) is 2.93. The van der Waals surface area contributed by atoms with Crippen LogP contribution in [0.25, 0.3) is 0 Å². The van der Waals surface area contributed by atoms with E-state index in [1.165, 1.54) is 14.2 Å². The third kappa shape index (κ3) is 2.16. The first-order valence-electron chi connectivity index (χ1n) is 4.94. The molecule has 0 saturated carbocycles. The van der Waals surface area contributed by atoms with Crippen molar-refractivity contribution in [1.29, 1.82) is 0 Å². The predicted octanol–water partition coefficient (Wildman–Crippen LogP) is 0.799. The van der Waals surface area contributed by atoms with Crippen LogP contribution in [0.5, 0.6) is 0 Å². The van der Waals surface area contributed by atoms with Crippen molar-refractivity contribution in [3.8, 4) is 0 Å². The Kier molecular flexibility index (Phi) is 3.85. The number of rotatable bonds is 4. The van der Waals surface area contributed by atoms with E-state index in [1.807, 2.05) is 6.92 Å². The van der Waals surface area contributed by atoms with Gasteiger partial charge in [-0.2, -0.15) is 0 Å². The van der Waals surface area contributed by atoms with Crippen LogP contribution >= 0.6 is 0 Å². The molecule has 1 unspecified atom stereocenters. The molecule has 0 fully saturated rings. The number of methoxy groups -OCH3 is 2. The number of nitrogen functional groups attached to an aromatic ring is 1. The fourth-order valence-corrected chi connectivity index (χ4v) is 1.91. The Hall–Kier alpha value is -1.17. The summed E-state index contributed by atoms with van der Waals surface area (Å²) in [5.41, 5.74) is 5.81. The van der Waals surface area contributed by atoms with Gasteiger partial charge in [0, 0.05) is 26.0 Å². The van der Waals surface area contributed by atoms with E-state index in [0.717, 1.165) is 5.56 Å².